The smallest absolute Gasteiger partial charge is 0.316 e. The molecule has 2 N–H and O–H groups in total. The normalized spacial score (nSPS) is 41.1. The Bertz CT molecular complexity index is 1620. The van der Waals surface area contributed by atoms with E-state index in [2.05, 4.69) is 0 Å². The second kappa shape index (κ2) is 13.2. The first-order valence-electron chi connectivity index (χ1n) is 18.0. The van der Waals surface area contributed by atoms with E-state index < -0.39 is 69.7 Å². The summed E-state index contributed by atoms with van der Waals surface area (Å²) in [5.74, 6) is -2.99. The number of Topliss-reactive ketones (excluding diaryl/α,β-unsaturated/α-hetero) is 1. The number of alkyl halides is 1. The average molecular weight is 675 g/mol. The molecule has 0 heterocycles. The van der Waals surface area contributed by atoms with E-state index in [9.17, 15) is 24.6 Å². The van der Waals surface area contributed by atoms with Crippen LogP contribution in [0.2, 0.25) is 0 Å². The van der Waals surface area contributed by atoms with Crippen molar-refractivity contribution in [3.8, 4) is 0 Å². The minimum absolute atomic E-state index is 0.0859. The van der Waals surface area contributed by atoms with Crippen molar-refractivity contribution >= 4 is 17.5 Å². The highest BCUT2D eigenvalue weighted by molar-refractivity contribution is 6.01. The topological polar surface area (TPSA) is 101 Å². The summed E-state index contributed by atoms with van der Waals surface area (Å²) in [6.07, 6.45) is 18.7. The fraction of sp³-hybridized carbons (Fsp3) is 0.595. The summed E-state index contributed by atoms with van der Waals surface area (Å²) < 4.78 is 25.2. The molecule has 0 spiro atoms. The Balaban J connectivity index is 1.57. The second-order valence-corrected chi connectivity index (χ2v) is 16.1. The standard InChI is InChI=1S/C42H55FO6/c1-9-26(2)12-10-13-27(3)15-17-32-28(4)14-11-20-38(32,6)37(47)49-36-24-40(8)34(22-29(5)42(40,48)35(46)25-44)33-18-16-30-23-31(45)19-21-39(30,7)41(33,36)43/h9-10,12-13,15,17,19,21,23,29,33-34,36,44,48H,11,14,16,18,20,22,24-25H2,1-8H3/t29-,33-,34-,36-,38?,39-,40-,41-,42-/m0/s1. The first-order chi connectivity index (χ1) is 22.9. The zero-order valence-electron chi connectivity index (χ0n) is 30.6. The van der Waals surface area contributed by atoms with Crippen LogP contribution in [0.4, 0.5) is 4.39 Å². The number of aliphatic hydroxyl groups excluding tert-OH is 1. The Hall–Kier alpha value is -3.16. The molecule has 3 fully saturated rings. The lowest BCUT2D eigenvalue weighted by Crippen LogP contribution is -2.70. The number of aliphatic hydroxyl groups is 2. The number of rotatable bonds is 8. The van der Waals surface area contributed by atoms with E-state index in [1.807, 2.05) is 78.0 Å². The minimum Gasteiger partial charge on any atom is -0.458 e. The van der Waals surface area contributed by atoms with Crippen molar-refractivity contribution in [2.45, 2.75) is 118 Å². The van der Waals surface area contributed by atoms with Crippen LogP contribution in [-0.2, 0) is 19.1 Å². The molecule has 49 heavy (non-hydrogen) atoms. The lowest BCUT2D eigenvalue weighted by Gasteiger charge is -2.63. The molecule has 5 rings (SSSR count). The van der Waals surface area contributed by atoms with E-state index in [4.69, 9.17) is 4.74 Å². The van der Waals surface area contributed by atoms with E-state index in [0.29, 0.717) is 31.3 Å². The Morgan fingerprint density at radius 1 is 1.10 bits per heavy atom. The Kier molecular flexibility index (Phi) is 9.99. The van der Waals surface area contributed by atoms with Gasteiger partial charge >= 0.3 is 5.97 Å². The third kappa shape index (κ3) is 5.64. The molecule has 3 saturated carbocycles. The fourth-order valence-corrected chi connectivity index (χ4v) is 10.3. The first kappa shape index (κ1) is 37.1. The molecule has 6 nitrogen and oxygen atoms in total. The molecule has 7 heteroatoms. The third-order valence-electron chi connectivity index (χ3n) is 13.4. The summed E-state index contributed by atoms with van der Waals surface area (Å²) in [7, 11) is 0. The Morgan fingerprint density at radius 2 is 1.82 bits per heavy atom. The number of fused-ring (bicyclic) bond motifs is 5. The molecule has 0 amide bonds. The molecule has 1 unspecified atom stereocenters. The third-order valence-corrected chi connectivity index (χ3v) is 13.4. The average Bonchev–Trinajstić information content (AvgIpc) is 3.26. The van der Waals surface area contributed by atoms with Gasteiger partial charge in [0.2, 0.25) is 0 Å². The lowest BCUT2D eigenvalue weighted by atomic mass is 9.44. The molecule has 0 aromatic carbocycles. The summed E-state index contributed by atoms with van der Waals surface area (Å²) in [6.45, 7) is 14.5. The van der Waals surface area contributed by atoms with E-state index in [1.165, 1.54) is 12.2 Å². The number of ether oxygens (including phenoxy) is 1. The SMILES string of the molecule is CC=C(C)C=CC=C(C)C=CC1=C(C)CCCC1(C)C(=O)O[C@H]1C[C@@]2(C)[C@@H](C[C@H](C)[C@]2(O)C(=O)CO)[C@@H]2CCC3=CC(=O)C=C[C@]3(C)[C@@]12F. The summed E-state index contributed by atoms with van der Waals surface area (Å²) in [5.41, 5.74) is -2.64. The summed E-state index contributed by atoms with van der Waals surface area (Å²) in [5, 5.41) is 22.2. The van der Waals surface area contributed by atoms with Gasteiger partial charge in [0.25, 0.3) is 0 Å². The molecule has 0 saturated heterocycles. The second-order valence-electron chi connectivity index (χ2n) is 16.1. The predicted molar refractivity (Wildman–Crippen MR) is 190 cm³/mol. The van der Waals surface area contributed by atoms with Crippen LogP contribution in [0.1, 0.15) is 100 Å². The highest BCUT2D eigenvalue weighted by atomic mass is 19.1. The highest BCUT2D eigenvalue weighted by Gasteiger charge is 2.76. The Labute approximate surface area is 291 Å². The van der Waals surface area contributed by atoms with Crippen molar-refractivity contribution in [3.63, 3.8) is 0 Å². The molecule has 266 valence electrons. The molecule has 0 aromatic rings. The van der Waals surface area contributed by atoms with Gasteiger partial charge in [-0.3, -0.25) is 14.4 Å². The Morgan fingerprint density at radius 3 is 2.49 bits per heavy atom. The van der Waals surface area contributed by atoms with Crippen LogP contribution in [0, 0.1) is 34.0 Å². The molecular weight excluding hydrogens is 619 g/mol. The number of carbonyl (C=O) groups excluding carboxylic acids is 3. The van der Waals surface area contributed by atoms with Gasteiger partial charge in [-0.1, -0.05) is 78.7 Å². The number of halogens is 1. The number of carbonyl (C=O) groups is 3. The molecule has 9 atom stereocenters. The van der Waals surface area contributed by atoms with Crippen LogP contribution in [0.3, 0.4) is 0 Å². The van der Waals surface area contributed by atoms with Crippen LogP contribution in [0.15, 0.2) is 82.5 Å². The van der Waals surface area contributed by atoms with Gasteiger partial charge in [0, 0.05) is 16.7 Å². The summed E-state index contributed by atoms with van der Waals surface area (Å²) in [4.78, 5) is 40.5. The van der Waals surface area contributed by atoms with Gasteiger partial charge in [-0.25, -0.2) is 4.39 Å². The highest BCUT2D eigenvalue weighted by Crippen LogP contribution is 2.71. The van der Waals surface area contributed by atoms with Gasteiger partial charge in [0.15, 0.2) is 17.2 Å². The van der Waals surface area contributed by atoms with E-state index >= 15 is 4.39 Å². The van der Waals surface area contributed by atoms with Gasteiger partial charge in [-0.2, -0.15) is 0 Å². The minimum atomic E-state index is -2.10. The van der Waals surface area contributed by atoms with Crippen molar-refractivity contribution in [3.05, 3.63) is 82.5 Å². The lowest BCUT2D eigenvalue weighted by molar-refractivity contribution is -0.233. The van der Waals surface area contributed by atoms with Gasteiger partial charge in [-0.05, 0) is 116 Å². The quantitative estimate of drug-likeness (QED) is 0.200. The molecule has 5 aliphatic rings. The number of esters is 1. The maximum atomic E-state index is 18.7. The predicted octanol–water partition coefficient (Wildman–Crippen LogP) is 7.98. The fourth-order valence-electron chi connectivity index (χ4n) is 10.3. The molecule has 0 bridgehead atoms. The van der Waals surface area contributed by atoms with Crippen molar-refractivity contribution in [2.75, 3.05) is 6.61 Å². The van der Waals surface area contributed by atoms with Crippen LogP contribution in [0.5, 0.6) is 0 Å². The summed E-state index contributed by atoms with van der Waals surface area (Å²) in [6, 6.07) is 0. The number of ketones is 2. The van der Waals surface area contributed by atoms with Crippen LogP contribution in [0.25, 0.3) is 0 Å². The molecule has 0 aliphatic heterocycles. The monoisotopic (exact) mass is 674 g/mol. The van der Waals surface area contributed by atoms with Crippen molar-refractivity contribution in [1.29, 1.82) is 0 Å². The maximum Gasteiger partial charge on any atom is 0.316 e. The van der Waals surface area contributed by atoms with E-state index in [0.717, 1.165) is 35.1 Å². The zero-order valence-corrected chi connectivity index (χ0v) is 30.6. The first-order valence-corrected chi connectivity index (χ1v) is 18.0. The van der Waals surface area contributed by atoms with Gasteiger partial charge in [0.1, 0.15) is 18.3 Å². The van der Waals surface area contributed by atoms with E-state index in [1.54, 1.807) is 19.9 Å². The van der Waals surface area contributed by atoms with Crippen LogP contribution in [-0.4, -0.2) is 51.7 Å². The van der Waals surface area contributed by atoms with Gasteiger partial charge < -0.3 is 14.9 Å². The van der Waals surface area contributed by atoms with Crippen molar-refractivity contribution in [2.24, 2.45) is 34.0 Å². The number of hydrogen-bond acceptors (Lipinski definition) is 6. The van der Waals surface area contributed by atoms with Crippen molar-refractivity contribution in [1.82, 2.24) is 0 Å². The van der Waals surface area contributed by atoms with Gasteiger partial charge in [0.05, 0.1) is 5.41 Å². The molecular formula is C42H55FO6. The van der Waals surface area contributed by atoms with Crippen LogP contribution < -0.4 is 0 Å². The van der Waals surface area contributed by atoms with E-state index in [-0.39, 0.29) is 12.2 Å². The molecule has 0 radical (unpaired) electrons. The molecule has 0 aromatic heterocycles. The number of hydrogen-bond donors (Lipinski definition) is 2. The largest absolute Gasteiger partial charge is 0.458 e. The van der Waals surface area contributed by atoms with Gasteiger partial charge in [-0.15, -0.1) is 0 Å². The zero-order chi connectivity index (χ0) is 36.2. The maximum absolute atomic E-state index is 18.7. The summed E-state index contributed by atoms with van der Waals surface area (Å²) >= 11 is 0. The van der Waals surface area contributed by atoms with Crippen molar-refractivity contribution < 1.29 is 33.7 Å². The van der Waals surface area contributed by atoms with Crippen LogP contribution >= 0.6 is 0 Å². The number of allylic oxidation sites excluding steroid dienone is 13. The molecule has 5 aliphatic carbocycles.